The van der Waals surface area contributed by atoms with Crippen molar-refractivity contribution in [1.29, 1.82) is 0 Å². The second kappa shape index (κ2) is 5.83. The van der Waals surface area contributed by atoms with Crippen LogP contribution in [-0.2, 0) is 6.54 Å². The molecule has 1 aromatic rings. The molecule has 2 unspecified atom stereocenters. The van der Waals surface area contributed by atoms with Crippen LogP contribution in [0.15, 0.2) is 5.51 Å². The number of nitrogens with one attached hydrogen (secondary N) is 1. The smallest absolute Gasteiger partial charge is 0.0798 e. The lowest BCUT2D eigenvalue weighted by Crippen LogP contribution is -2.17. The van der Waals surface area contributed by atoms with Crippen molar-refractivity contribution in [3.63, 3.8) is 0 Å². The van der Waals surface area contributed by atoms with E-state index in [1.54, 1.807) is 11.3 Å². The number of thiazole rings is 1. The van der Waals surface area contributed by atoms with E-state index in [-0.39, 0.29) is 12.4 Å². The topological polar surface area (TPSA) is 24.9 Å². The predicted octanol–water partition coefficient (Wildman–Crippen LogP) is 3.15. The first-order valence-electron chi connectivity index (χ1n) is 5.43. The maximum atomic E-state index is 4.25. The van der Waals surface area contributed by atoms with E-state index in [9.17, 15) is 0 Å². The van der Waals surface area contributed by atoms with Gasteiger partial charge in [-0.2, -0.15) is 0 Å². The number of hydrogen-bond donors (Lipinski definition) is 1. The molecule has 4 heteroatoms. The second-order valence-corrected chi connectivity index (χ2v) is 5.07. The summed E-state index contributed by atoms with van der Waals surface area (Å²) in [5.41, 5.74) is 3.12. The normalized spacial score (nSPS) is 23.6. The molecule has 0 aromatic carbocycles. The lowest BCUT2D eigenvalue weighted by molar-refractivity contribution is 0.601. The van der Waals surface area contributed by atoms with Crippen LogP contribution in [-0.4, -0.2) is 11.0 Å². The largest absolute Gasteiger partial charge is 0.309 e. The Bertz CT molecular complexity index is 301. The van der Waals surface area contributed by atoms with E-state index in [0.29, 0.717) is 0 Å². The van der Waals surface area contributed by atoms with Crippen molar-refractivity contribution >= 4 is 23.7 Å². The summed E-state index contributed by atoms with van der Waals surface area (Å²) in [6, 6.07) is 0.788. The molecular formula is C11H19ClN2S. The summed E-state index contributed by atoms with van der Waals surface area (Å²) in [4.78, 5) is 5.64. The number of halogens is 1. The molecule has 1 saturated carbocycles. The van der Waals surface area contributed by atoms with Crippen molar-refractivity contribution in [2.24, 2.45) is 5.92 Å². The Hall–Kier alpha value is -0.120. The van der Waals surface area contributed by atoms with Gasteiger partial charge in [0, 0.05) is 17.5 Å². The van der Waals surface area contributed by atoms with Gasteiger partial charge in [0.1, 0.15) is 0 Å². The van der Waals surface area contributed by atoms with E-state index < -0.39 is 0 Å². The van der Waals surface area contributed by atoms with Gasteiger partial charge in [-0.1, -0.05) is 13.3 Å². The van der Waals surface area contributed by atoms with Gasteiger partial charge in [-0.3, -0.25) is 0 Å². The Morgan fingerprint density at radius 3 is 3.00 bits per heavy atom. The van der Waals surface area contributed by atoms with Gasteiger partial charge >= 0.3 is 0 Å². The zero-order valence-electron chi connectivity index (χ0n) is 9.32. The van der Waals surface area contributed by atoms with Gasteiger partial charge in [0.2, 0.25) is 0 Å². The molecule has 1 aliphatic carbocycles. The molecule has 86 valence electrons. The average Bonchev–Trinajstić information content (AvgIpc) is 2.78. The van der Waals surface area contributed by atoms with Gasteiger partial charge in [-0.15, -0.1) is 23.7 Å². The SMILES string of the molecule is CCCC1CC1NCc1scnc1C.Cl. The highest BCUT2D eigenvalue weighted by molar-refractivity contribution is 7.09. The molecule has 15 heavy (non-hydrogen) atoms. The molecule has 0 bridgehead atoms. The maximum Gasteiger partial charge on any atom is 0.0798 e. The van der Waals surface area contributed by atoms with Crippen molar-refractivity contribution in [1.82, 2.24) is 10.3 Å². The van der Waals surface area contributed by atoms with Crippen LogP contribution < -0.4 is 5.32 Å². The van der Waals surface area contributed by atoms with Crippen LogP contribution in [0.2, 0.25) is 0 Å². The Morgan fingerprint density at radius 2 is 2.40 bits per heavy atom. The Kier molecular flexibility index (Phi) is 5.03. The Balaban J connectivity index is 0.00000112. The van der Waals surface area contributed by atoms with Crippen molar-refractivity contribution < 1.29 is 0 Å². The van der Waals surface area contributed by atoms with Crippen molar-refractivity contribution in [2.75, 3.05) is 0 Å². The molecule has 1 N–H and O–H groups in total. The molecule has 1 fully saturated rings. The zero-order valence-corrected chi connectivity index (χ0v) is 11.0. The summed E-state index contributed by atoms with van der Waals surface area (Å²) in [5.74, 6) is 0.952. The van der Waals surface area contributed by atoms with Gasteiger partial charge in [-0.05, 0) is 25.7 Å². The molecule has 0 spiro atoms. The molecule has 1 heterocycles. The summed E-state index contributed by atoms with van der Waals surface area (Å²) in [7, 11) is 0. The number of aryl methyl sites for hydroxylation is 1. The van der Waals surface area contributed by atoms with E-state index in [2.05, 4.69) is 24.1 Å². The summed E-state index contributed by atoms with van der Waals surface area (Å²) in [6.45, 7) is 5.37. The van der Waals surface area contributed by atoms with E-state index in [4.69, 9.17) is 0 Å². The number of nitrogens with zero attached hydrogens (tertiary/aromatic N) is 1. The van der Waals surface area contributed by atoms with Crippen molar-refractivity contribution in [3.05, 3.63) is 16.1 Å². The van der Waals surface area contributed by atoms with Crippen molar-refractivity contribution in [3.8, 4) is 0 Å². The fraction of sp³-hybridized carbons (Fsp3) is 0.727. The fourth-order valence-corrected chi connectivity index (χ4v) is 2.64. The third-order valence-corrected chi connectivity index (χ3v) is 3.89. The van der Waals surface area contributed by atoms with Crippen LogP contribution in [0.5, 0.6) is 0 Å². The summed E-state index contributed by atoms with van der Waals surface area (Å²) in [6.07, 6.45) is 4.09. The molecule has 0 amide bonds. The number of hydrogen-bond acceptors (Lipinski definition) is 3. The highest BCUT2D eigenvalue weighted by Gasteiger charge is 2.35. The monoisotopic (exact) mass is 246 g/mol. The minimum atomic E-state index is 0. The first-order valence-corrected chi connectivity index (χ1v) is 6.31. The maximum absolute atomic E-state index is 4.25. The highest BCUT2D eigenvalue weighted by atomic mass is 35.5. The lowest BCUT2D eigenvalue weighted by atomic mass is 10.2. The molecule has 0 aliphatic heterocycles. The van der Waals surface area contributed by atoms with Gasteiger partial charge in [-0.25, -0.2) is 4.98 Å². The van der Waals surface area contributed by atoms with Gasteiger partial charge in [0.05, 0.1) is 11.2 Å². The summed E-state index contributed by atoms with van der Waals surface area (Å²) >= 11 is 1.76. The third-order valence-electron chi connectivity index (χ3n) is 2.95. The fourth-order valence-electron chi connectivity index (χ4n) is 1.91. The average molecular weight is 247 g/mol. The molecular weight excluding hydrogens is 228 g/mol. The standard InChI is InChI=1S/C11H18N2S.ClH/c1-3-4-9-5-10(9)12-6-11-8(2)13-7-14-11;/h7,9-10,12H,3-6H2,1-2H3;1H. The lowest BCUT2D eigenvalue weighted by Gasteiger charge is -2.02. The van der Waals surface area contributed by atoms with Gasteiger partial charge < -0.3 is 5.32 Å². The molecule has 0 saturated heterocycles. The van der Waals surface area contributed by atoms with Crippen LogP contribution >= 0.6 is 23.7 Å². The number of rotatable bonds is 5. The Labute approximate surface area is 102 Å². The molecule has 0 radical (unpaired) electrons. The second-order valence-electron chi connectivity index (χ2n) is 4.13. The van der Waals surface area contributed by atoms with Crippen LogP contribution in [0, 0.1) is 12.8 Å². The minimum Gasteiger partial charge on any atom is -0.309 e. The molecule has 1 aromatic heterocycles. The number of aromatic nitrogens is 1. The molecule has 1 aliphatic rings. The van der Waals surface area contributed by atoms with Crippen LogP contribution in [0.1, 0.15) is 36.8 Å². The van der Waals surface area contributed by atoms with E-state index in [1.807, 2.05) is 5.51 Å². The highest BCUT2D eigenvalue weighted by Crippen LogP contribution is 2.34. The van der Waals surface area contributed by atoms with Gasteiger partial charge in [0.15, 0.2) is 0 Å². The van der Waals surface area contributed by atoms with E-state index in [1.165, 1.54) is 29.8 Å². The van der Waals surface area contributed by atoms with Gasteiger partial charge in [0.25, 0.3) is 0 Å². The molecule has 2 nitrogen and oxygen atoms in total. The Morgan fingerprint density at radius 1 is 1.60 bits per heavy atom. The van der Waals surface area contributed by atoms with E-state index in [0.717, 1.165) is 18.5 Å². The van der Waals surface area contributed by atoms with Crippen LogP contribution in [0.3, 0.4) is 0 Å². The van der Waals surface area contributed by atoms with Crippen LogP contribution in [0.25, 0.3) is 0 Å². The van der Waals surface area contributed by atoms with Crippen molar-refractivity contribution in [2.45, 2.75) is 45.7 Å². The predicted molar refractivity (Wildman–Crippen MR) is 67.7 cm³/mol. The van der Waals surface area contributed by atoms with Crippen LogP contribution in [0.4, 0.5) is 0 Å². The first-order chi connectivity index (χ1) is 6.81. The molecule has 2 rings (SSSR count). The first kappa shape index (κ1) is 12.9. The summed E-state index contributed by atoms with van der Waals surface area (Å²) in [5, 5.41) is 3.61. The third kappa shape index (κ3) is 3.44. The minimum absolute atomic E-state index is 0. The van der Waals surface area contributed by atoms with E-state index >= 15 is 0 Å². The quantitative estimate of drug-likeness (QED) is 0.864. The zero-order chi connectivity index (χ0) is 9.97. The summed E-state index contributed by atoms with van der Waals surface area (Å²) < 4.78 is 0. The molecule has 2 atom stereocenters.